The number of fused-ring (bicyclic) bond motifs is 1. The van der Waals surface area contributed by atoms with Crippen LogP contribution in [0.2, 0.25) is 0 Å². The molecule has 134 valence electrons. The normalized spacial score (nSPS) is 16.2. The highest BCUT2D eigenvalue weighted by atomic mass is 19.1. The molecule has 0 aromatic heterocycles. The van der Waals surface area contributed by atoms with Gasteiger partial charge in [-0.15, -0.1) is 0 Å². The lowest BCUT2D eigenvalue weighted by Crippen LogP contribution is -2.10. The molecule has 2 aromatic carbocycles. The zero-order valence-corrected chi connectivity index (χ0v) is 14.6. The molecule has 2 aromatic rings. The molecular weight excluding hydrogens is 331 g/mol. The molecule has 26 heavy (non-hydrogen) atoms. The molecule has 0 spiro atoms. The van der Waals surface area contributed by atoms with Crippen LogP contribution in [0.4, 0.5) is 21.5 Å². The van der Waals surface area contributed by atoms with Crippen molar-refractivity contribution in [1.82, 2.24) is 0 Å². The van der Waals surface area contributed by atoms with Crippen LogP contribution in [0.25, 0.3) is 11.1 Å². The fourth-order valence-electron chi connectivity index (χ4n) is 3.38. The van der Waals surface area contributed by atoms with Crippen molar-refractivity contribution in [2.45, 2.75) is 19.3 Å². The fraction of sp³-hybridized carbons (Fsp3) is 0.300. The second-order valence-corrected chi connectivity index (χ2v) is 6.80. The highest BCUT2D eigenvalue weighted by Gasteiger charge is 2.29. The number of hydrogen-bond donors (Lipinski definition) is 4. The highest BCUT2D eigenvalue weighted by Crippen LogP contribution is 2.40. The molecule has 0 atom stereocenters. The third-order valence-corrected chi connectivity index (χ3v) is 4.91. The van der Waals surface area contributed by atoms with E-state index < -0.39 is 5.82 Å². The Kier molecular flexibility index (Phi) is 4.11. The van der Waals surface area contributed by atoms with Gasteiger partial charge < -0.3 is 21.4 Å². The number of rotatable bonds is 4. The third-order valence-electron chi connectivity index (χ3n) is 4.91. The summed E-state index contributed by atoms with van der Waals surface area (Å²) in [5, 5.41) is 17.6. The van der Waals surface area contributed by atoms with Gasteiger partial charge in [0.25, 0.3) is 0 Å². The third kappa shape index (κ3) is 3.03. The first-order chi connectivity index (χ1) is 12.6. The predicted molar refractivity (Wildman–Crippen MR) is 103 cm³/mol. The molecule has 5 nitrogen and oxygen atoms in total. The van der Waals surface area contributed by atoms with Gasteiger partial charge >= 0.3 is 0 Å². The van der Waals surface area contributed by atoms with Gasteiger partial charge in [-0.05, 0) is 42.7 Å². The van der Waals surface area contributed by atoms with Crippen LogP contribution in [0.3, 0.4) is 0 Å². The Hall–Kier alpha value is -2.89. The molecule has 0 radical (unpaired) electrons. The van der Waals surface area contributed by atoms with Crippen LogP contribution in [0, 0.1) is 17.1 Å². The van der Waals surface area contributed by atoms with Crippen molar-refractivity contribution >= 4 is 28.7 Å². The Labute approximate surface area is 151 Å². The molecule has 4 N–H and O–H groups in total. The summed E-state index contributed by atoms with van der Waals surface area (Å²) < 4.78 is 14.2. The van der Waals surface area contributed by atoms with Crippen LogP contribution in [0.1, 0.15) is 24.8 Å². The first-order valence-corrected chi connectivity index (χ1v) is 8.85. The van der Waals surface area contributed by atoms with Gasteiger partial charge in [-0.25, -0.2) is 4.39 Å². The smallest absolute Gasteiger partial charge is 0.226 e. The van der Waals surface area contributed by atoms with Crippen molar-refractivity contribution in [3.8, 4) is 11.1 Å². The van der Waals surface area contributed by atoms with E-state index >= 15 is 0 Å². The van der Waals surface area contributed by atoms with E-state index in [1.165, 1.54) is 12.1 Å². The Morgan fingerprint density at radius 1 is 1.27 bits per heavy atom. The lowest BCUT2D eigenvalue weighted by Gasteiger charge is -2.17. The molecule has 1 fully saturated rings. The lowest BCUT2D eigenvalue weighted by atomic mass is 9.96. The van der Waals surface area contributed by atoms with Crippen LogP contribution in [0.5, 0.6) is 0 Å². The van der Waals surface area contributed by atoms with Crippen molar-refractivity contribution in [3.05, 3.63) is 41.7 Å². The van der Waals surface area contributed by atoms with Gasteiger partial charge in [-0.1, -0.05) is 6.07 Å². The largest absolute Gasteiger partial charge is 0.388 e. The van der Waals surface area contributed by atoms with Crippen molar-refractivity contribution in [1.29, 1.82) is 5.41 Å². The van der Waals surface area contributed by atoms with Crippen LogP contribution >= 0.6 is 0 Å². The summed E-state index contributed by atoms with van der Waals surface area (Å²) in [4.78, 5) is 11.8. The summed E-state index contributed by atoms with van der Waals surface area (Å²) in [7, 11) is 1.84. The number of nitrogens with one attached hydrogen (secondary N) is 4. The first kappa shape index (κ1) is 16.6. The maximum atomic E-state index is 14.2. The van der Waals surface area contributed by atoms with E-state index in [0.29, 0.717) is 35.8 Å². The quantitative estimate of drug-likeness (QED) is 0.627. The minimum absolute atomic E-state index is 0.130. The Bertz CT molecular complexity index is 905. The van der Waals surface area contributed by atoms with Crippen LogP contribution in [-0.4, -0.2) is 25.2 Å². The molecular formula is C20H21FN4O. The fourth-order valence-corrected chi connectivity index (χ4v) is 3.38. The van der Waals surface area contributed by atoms with Crippen molar-refractivity contribution in [2.24, 2.45) is 5.92 Å². The van der Waals surface area contributed by atoms with E-state index in [1.54, 1.807) is 0 Å². The average molecular weight is 352 g/mol. The molecule has 0 bridgehead atoms. The first-order valence-electron chi connectivity index (χ1n) is 8.85. The SMILES string of the molecule is CNc1ccc(-c2cc(F)cc3c2NCCC(=O)N3)cc1C(=N)C1CC1. The van der Waals surface area contributed by atoms with Crippen molar-refractivity contribution < 1.29 is 9.18 Å². The predicted octanol–water partition coefficient (Wildman–Crippen LogP) is 4.07. The Morgan fingerprint density at radius 2 is 2.08 bits per heavy atom. The van der Waals surface area contributed by atoms with E-state index in [0.717, 1.165) is 35.3 Å². The number of benzene rings is 2. The molecule has 0 unspecified atom stereocenters. The summed E-state index contributed by atoms with van der Waals surface area (Å²) in [6.45, 7) is 0.497. The zero-order valence-electron chi connectivity index (χ0n) is 14.6. The molecule has 1 amide bonds. The van der Waals surface area contributed by atoms with Gasteiger partial charge in [0.05, 0.1) is 11.4 Å². The van der Waals surface area contributed by atoms with Crippen molar-refractivity contribution in [2.75, 3.05) is 29.5 Å². The van der Waals surface area contributed by atoms with Crippen LogP contribution < -0.4 is 16.0 Å². The summed E-state index contributed by atoms with van der Waals surface area (Å²) in [5.41, 5.74) is 5.06. The summed E-state index contributed by atoms with van der Waals surface area (Å²) in [6, 6.07) is 8.59. The van der Waals surface area contributed by atoms with Crippen LogP contribution in [-0.2, 0) is 4.79 Å². The standard InChI is InChI=1S/C20H21FN4O/c1-23-16-5-4-12(8-15(16)19(22)11-2-3-11)14-9-13(21)10-17-20(14)24-7-6-18(26)25-17/h4-5,8-11,22-24H,2-3,6-7H2,1H3,(H,25,26). The average Bonchev–Trinajstić information content (AvgIpc) is 3.47. The maximum absolute atomic E-state index is 14.2. The highest BCUT2D eigenvalue weighted by molar-refractivity contribution is 6.07. The second kappa shape index (κ2) is 6.44. The minimum Gasteiger partial charge on any atom is -0.388 e. The number of anilines is 3. The molecule has 1 aliphatic heterocycles. The van der Waals surface area contributed by atoms with E-state index in [-0.39, 0.29) is 5.91 Å². The molecule has 0 saturated heterocycles. The molecule has 4 rings (SSSR count). The number of halogens is 1. The van der Waals surface area contributed by atoms with Gasteiger partial charge in [0, 0.05) is 48.5 Å². The summed E-state index contributed by atoms with van der Waals surface area (Å²) >= 11 is 0. The molecule has 2 aliphatic rings. The topological polar surface area (TPSA) is 77.0 Å². The number of carbonyl (C=O) groups is 1. The number of hydrogen-bond acceptors (Lipinski definition) is 4. The zero-order chi connectivity index (χ0) is 18.3. The van der Waals surface area contributed by atoms with Gasteiger partial charge in [-0.3, -0.25) is 4.79 Å². The monoisotopic (exact) mass is 352 g/mol. The van der Waals surface area contributed by atoms with E-state index in [4.69, 9.17) is 5.41 Å². The molecule has 6 heteroatoms. The summed E-state index contributed by atoms with van der Waals surface area (Å²) in [5.74, 6) is -0.215. The molecule has 1 heterocycles. The number of amides is 1. The lowest BCUT2D eigenvalue weighted by molar-refractivity contribution is -0.115. The van der Waals surface area contributed by atoms with Crippen molar-refractivity contribution in [3.63, 3.8) is 0 Å². The Balaban J connectivity index is 1.84. The van der Waals surface area contributed by atoms with Gasteiger partial charge in [0.1, 0.15) is 5.82 Å². The number of carbonyl (C=O) groups excluding carboxylic acids is 1. The second-order valence-electron chi connectivity index (χ2n) is 6.80. The van der Waals surface area contributed by atoms with E-state index in [2.05, 4.69) is 16.0 Å². The maximum Gasteiger partial charge on any atom is 0.226 e. The Morgan fingerprint density at radius 3 is 2.81 bits per heavy atom. The molecule has 1 saturated carbocycles. The van der Waals surface area contributed by atoms with Gasteiger partial charge in [-0.2, -0.15) is 0 Å². The summed E-state index contributed by atoms with van der Waals surface area (Å²) in [6.07, 6.45) is 2.44. The van der Waals surface area contributed by atoms with Gasteiger partial charge in [0.15, 0.2) is 0 Å². The van der Waals surface area contributed by atoms with Gasteiger partial charge in [0.2, 0.25) is 5.91 Å². The minimum atomic E-state index is -0.403. The van der Waals surface area contributed by atoms with E-state index in [1.807, 2.05) is 25.2 Å². The van der Waals surface area contributed by atoms with Crippen LogP contribution in [0.15, 0.2) is 30.3 Å². The molecule has 1 aliphatic carbocycles. The van der Waals surface area contributed by atoms with E-state index in [9.17, 15) is 9.18 Å².